The number of hydrogen-bond donors (Lipinski definition) is 1. The molecule has 0 spiro atoms. The van der Waals surface area contributed by atoms with Gasteiger partial charge in [0.2, 0.25) is 0 Å². The fourth-order valence-corrected chi connectivity index (χ4v) is 1.78. The Morgan fingerprint density at radius 2 is 1.74 bits per heavy atom. The molecule has 120 valence electrons. The monoisotopic (exact) mass is 319 g/mol. The van der Waals surface area contributed by atoms with Crippen LogP contribution in [0, 0.1) is 18.6 Å². The topological polar surface area (TPSA) is 55.4 Å². The van der Waals surface area contributed by atoms with Crippen molar-refractivity contribution in [3.8, 4) is 0 Å². The SMILES string of the molecule is Cc1ccc(C(=O)O[C@@H](C)C(=O)Nc2ccc(F)cc2)cc1F. The largest absolute Gasteiger partial charge is 0.449 e. The Labute approximate surface area is 132 Å². The third-order valence-electron chi connectivity index (χ3n) is 3.17. The van der Waals surface area contributed by atoms with Crippen LogP contribution in [0.25, 0.3) is 0 Å². The first kappa shape index (κ1) is 16.6. The Bertz CT molecular complexity index is 729. The van der Waals surface area contributed by atoms with Gasteiger partial charge in [-0.1, -0.05) is 6.07 Å². The van der Waals surface area contributed by atoms with E-state index in [9.17, 15) is 18.4 Å². The smallest absolute Gasteiger partial charge is 0.339 e. The Morgan fingerprint density at radius 3 is 2.35 bits per heavy atom. The third kappa shape index (κ3) is 4.35. The molecule has 23 heavy (non-hydrogen) atoms. The van der Waals surface area contributed by atoms with Gasteiger partial charge >= 0.3 is 5.97 Å². The van der Waals surface area contributed by atoms with Crippen LogP contribution in [-0.2, 0) is 9.53 Å². The molecule has 0 bridgehead atoms. The van der Waals surface area contributed by atoms with Gasteiger partial charge in [0.25, 0.3) is 5.91 Å². The summed E-state index contributed by atoms with van der Waals surface area (Å²) in [6.07, 6.45) is -1.09. The summed E-state index contributed by atoms with van der Waals surface area (Å²) < 4.78 is 31.2. The van der Waals surface area contributed by atoms with Gasteiger partial charge in [-0.2, -0.15) is 0 Å². The first-order valence-electron chi connectivity index (χ1n) is 6.90. The Hall–Kier alpha value is -2.76. The second-order valence-corrected chi connectivity index (χ2v) is 5.01. The normalized spacial score (nSPS) is 11.7. The molecule has 0 saturated heterocycles. The summed E-state index contributed by atoms with van der Waals surface area (Å²) in [6.45, 7) is 2.96. The van der Waals surface area contributed by atoms with Gasteiger partial charge in [-0.15, -0.1) is 0 Å². The van der Waals surface area contributed by atoms with Crippen LogP contribution in [0.4, 0.5) is 14.5 Å². The van der Waals surface area contributed by atoms with E-state index in [1.54, 1.807) is 6.92 Å². The maximum Gasteiger partial charge on any atom is 0.339 e. The highest BCUT2D eigenvalue weighted by Crippen LogP contribution is 2.13. The number of nitrogens with one attached hydrogen (secondary N) is 1. The van der Waals surface area contributed by atoms with E-state index in [0.29, 0.717) is 11.3 Å². The van der Waals surface area contributed by atoms with Crippen molar-refractivity contribution in [2.75, 3.05) is 5.32 Å². The molecule has 2 aromatic rings. The zero-order valence-corrected chi connectivity index (χ0v) is 12.6. The number of rotatable bonds is 4. The van der Waals surface area contributed by atoms with E-state index in [-0.39, 0.29) is 5.56 Å². The van der Waals surface area contributed by atoms with E-state index < -0.39 is 29.6 Å². The lowest BCUT2D eigenvalue weighted by Crippen LogP contribution is -2.30. The highest BCUT2D eigenvalue weighted by Gasteiger charge is 2.19. The van der Waals surface area contributed by atoms with Crippen molar-refractivity contribution in [2.45, 2.75) is 20.0 Å². The summed E-state index contributed by atoms with van der Waals surface area (Å²) in [5, 5.41) is 2.49. The van der Waals surface area contributed by atoms with Crippen LogP contribution >= 0.6 is 0 Å². The molecule has 0 aromatic heterocycles. The van der Waals surface area contributed by atoms with E-state index in [4.69, 9.17) is 4.74 Å². The van der Waals surface area contributed by atoms with Crippen LogP contribution in [0.5, 0.6) is 0 Å². The van der Waals surface area contributed by atoms with Crippen LogP contribution in [-0.4, -0.2) is 18.0 Å². The molecule has 1 amide bonds. The summed E-state index contributed by atoms with van der Waals surface area (Å²) in [7, 11) is 0. The number of aryl methyl sites for hydroxylation is 1. The van der Waals surface area contributed by atoms with Gasteiger partial charge in [-0.3, -0.25) is 4.79 Å². The number of carbonyl (C=O) groups is 2. The minimum Gasteiger partial charge on any atom is -0.449 e. The molecule has 0 unspecified atom stereocenters. The molecule has 0 saturated carbocycles. The molecule has 2 aromatic carbocycles. The number of benzene rings is 2. The molecule has 0 fully saturated rings. The van der Waals surface area contributed by atoms with Crippen molar-refractivity contribution >= 4 is 17.6 Å². The summed E-state index contributed by atoms with van der Waals surface area (Å²) in [5.74, 6) is -2.32. The predicted octanol–water partition coefficient (Wildman–Crippen LogP) is 3.46. The Balaban J connectivity index is 1.98. The van der Waals surface area contributed by atoms with Gasteiger partial charge in [0.05, 0.1) is 5.56 Å². The average Bonchev–Trinajstić information content (AvgIpc) is 2.52. The molecule has 6 heteroatoms. The van der Waals surface area contributed by atoms with E-state index in [0.717, 1.165) is 6.07 Å². The number of anilines is 1. The second kappa shape index (κ2) is 7.00. The van der Waals surface area contributed by atoms with E-state index in [1.165, 1.54) is 43.3 Å². The lowest BCUT2D eigenvalue weighted by atomic mass is 10.1. The molecule has 1 N–H and O–H groups in total. The molecule has 0 heterocycles. The number of esters is 1. The van der Waals surface area contributed by atoms with Gasteiger partial charge < -0.3 is 10.1 Å². The van der Waals surface area contributed by atoms with Crippen molar-refractivity contribution < 1.29 is 23.1 Å². The molecule has 4 nitrogen and oxygen atoms in total. The van der Waals surface area contributed by atoms with Crippen molar-refractivity contribution in [3.05, 3.63) is 65.2 Å². The zero-order valence-electron chi connectivity index (χ0n) is 12.6. The van der Waals surface area contributed by atoms with E-state index in [1.807, 2.05) is 0 Å². The molecule has 0 radical (unpaired) electrons. The third-order valence-corrected chi connectivity index (χ3v) is 3.17. The van der Waals surface area contributed by atoms with Crippen LogP contribution < -0.4 is 5.32 Å². The van der Waals surface area contributed by atoms with Crippen LogP contribution in [0.2, 0.25) is 0 Å². The van der Waals surface area contributed by atoms with E-state index in [2.05, 4.69) is 5.32 Å². The van der Waals surface area contributed by atoms with Crippen molar-refractivity contribution in [2.24, 2.45) is 0 Å². The fourth-order valence-electron chi connectivity index (χ4n) is 1.78. The lowest BCUT2D eigenvalue weighted by Gasteiger charge is -2.13. The molecular formula is C17H15F2NO3. The maximum absolute atomic E-state index is 13.4. The number of halogens is 2. The lowest BCUT2D eigenvalue weighted by molar-refractivity contribution is -0.123. The minimum atomic E-state index is -1.09. The number of carbonyl (C=O) groups excluding carboxylic acids is 2. The fraction of sp³-hybridized carbons (Fsp3) is 0.176. The zero-order chi connectivity index (χ0) is 17.0. The number of ether oxygens (including phenoxy) is 1. The Morgan fingerprint density at radius 1 is 1.09 bits per heavy atom. The summed E-state index contributed by atoms with van der Waals surface area (Å²) in [4.78, 5) is 23.8. The van der Waals surface area contributed by atoms with Gasteiger partial charge in [-0.05, 0) is 55.8 Å². The van der Waals surface area contributed by atoms with E-state index >= 15 is 0 Å². The number of hydrogen-bond acceptors (Lipinski definition) is 3. The van der Waals surface area contributed by atoms with Gasteiger partial charge in [0.1, 0.15) is 11.6 Å². The summed E-state index contributed by atoms with van der Waals surface area (Å²) >= 11 is 0. The number of amides is 1. The van der Waals surface area contributed by atoms with Crippen molar-refractivity contribution in [1.82, 2.24) is 0 Å². The molecule has 0 aliphatic heterocycles. The second-order valence-electron chi connectivity index (χ2n) is 5.01. The standard InChI is InChI=1S/C17H15F2NO3/c1-10-3-4-12(9-15(10)19)17(22)23-11(2)16(21)20-14-7-5-13(18)6-8-14/h3-9,11H,1-2H3,(H,20,21)/t11-/m0/s1. The van der Waals surface area contributed by atoms with Crippen LogP contribution in [0.1, 0.15) is 22.8 Å². The minimum absolute atomic E-state index is 0.0227. The van der Waals surface area contributed by atoms with Crippen LogP contribution in [0.15, 0.2) is 42.5 Å². The van der Waals surface area contributed by atoms with Crippen LogP contribution in [0.3, 0.4) is 0 Å². The van der Waals surface area contributed by atoms with Crippen molar-refractivity contribution in [1.29, 1.82) is 0 Å². The summed E-state index contributed by atoms with van der Waals surface area (Å²) in [6, 6.07) is 9.10. The maximum atomic E-state index is 13.4. The molecule has 2 rings (SSSR count). The highest BCUT2D eigenvalue weighted by atomic mass is 19.1. The quantitative estimate of drug-likeness (QED) is 0.878. The van der Waals surface area contributed by atoms with Crippen molar-refractivity contribution in [3.63, 3.8) is 0 Å². The molecular weight excluding hydrogens is 304 g/mol. The molecule has 0 aliphatic carbocycles. The average molecular weight is 319 g/mol. The van der Waals surface area contributed by atoms with Gasteiger partial charge in [0.15, 0.2) is 6.10 Å². The molecule has 1 atom stereocenters. The first-order valence-corrected chi connectivity index (χ1v) is 6.90. The summed E-state index contributed by atoms with van der Waals surface area (Å²) in [5.41, 5.74) is 0.805. The Kier molecular flexibility index (Phi) is 5.05. The molecule has 0 aliphatic rings. The first-order chi connectivity index (χ1) is 10.9. The predicted molar refractivity (Wildman–Crippen MR) is 81.0 cm³/mol. The van der Waals surface area contributed by atoms with Gasteiger partial charge in [0, 0.05) is 5.69 Å². The highest BCUT2D eigenvalue weighted by molar-refractivity contribution is 5.97. The van der Waals surface area contributed by atoms with Gasteiger partial charge in [-0.25, -0.2) is 13.6 Å².